The van der Waals surface area contributed by atoms with Gasteiger partial charge in [-0.1, -0.05) is 17.7 Å². The molecule has 0 aliphatic carbocycles. The van der Waals surface area contributed by atoms with Crippen LogP contribution >= 0.6 is 11.6 Å². The lowest BCUT2D eigenvalue weighted by molar-refractivity contribution is -0.510. The number of fused-ring (bicyclic) bond motifs is 1. The first-order valence-corrected chi connectivity index (χ1v) is 8.94. The molecule has 146 valence electrons. The van der Waals surface area contributed by atoms with Crippen molar-refractivity contribution < 1.29 is 31.1 Å². The number of non-ortho nitro benzene ring substituents is 1. The molecule has 0 unspecified atom stereocenters. The molecule has 0 atom stereocenters. The molecular weight excluding hydrogens is 458 g/mol. The maximum Gasteiger partial charge on any atom is 0.287 e. The third-order valence-corrected chi connectivity index (χ3v) is 4.79. The van der Waals surface area contributed by atoms with E-state index >= 15 is 0 Å². The van der Waals surface area contributed by atoms with Gasteiger partial charge in [0.05, 0.1) is 11.1 Å². The summed E-state index contributed by atoms with van der Waals surface area (Å²) >= 11 is 6.00. The van der Waals surface area contributed by atoms with Gasteiger partial charge in [0.2, 0.25) is 5.78 Å². The first kappa shape index (κ1) is 20.7. The molecule has 0 amide bonds. The lowest BCUT2D eigenvalue weighted by Gasteiger charge is -2.04. The molecule has 0 N–H and O–H groups in total. The number of imidazole rings is 1. The highest BCUT2D eigenvalue weighted by Crippen LogP contribution is 2.23. The average Bonchev–Trinajstić information content (AvgIpc) is 3.07. The molecule has 29 heavy (non-hydrogen) atoms. The Morgan fingerprint density at radius 3 is 2.38 bits per heavy atom. The predicted molar refractivity (Wildman–Crippen MR) is 105 cm³/mol. The molecule has 0 saturated carbocycles. The van der Waals surface area contributed by atoms with Gasteiger partial charge in [-0.25, -0.2) is 8.97 Å². The zero-order valence-corrected chi connectivity index (χ0v) is 17.4. The molecule has 0 spiro atoms. The predicted octanol–water partition coefficient (Wildman–Crippen LogP) is 1.34. The Kier molecular flexibility index (Phi) is 6.10. The number of pyridine rings is 1. The largest absolute Gasteiger partial charge is 1.00 e. The highest BCUT2D eigenvalue weighted by Gasteiger charge is 2.22. The van der Waals surface area contributed by atoms with Crippen molar-refractivity contribution in [2.45, 2.75) is 6.54 Å². The summed E-state index contributed by atoms with van der Waals surface area (Å²) in [6.07, 6.45) is 3.88. The molecule has 4 rings (SSSR count). The van der Waals surface area contributed by atoms with Crippen LogP contribution in [-0.4, -0.2) is 15.3 Å². The third-order valence-electron chi connectivity index (χ3n) is 4.54. The maximum atomic E-state index is 12.9. The fourth-order valence-electron chi connectivity index (χ4n) is 3.13. The van der Waals surface area contributed by atoms with E-state index in [1.807, 2.05) is 63.8 Å². The molecule has 0 fully saturated rings. The number of halogens is 2. The van der Waals surface area contributed by atoms with E-state index in [1.165, 1.54) is 24.3 Å². The minimum atomic E-state index is -0.483. The highest BCUT2D eigenvalue weighted by molar-refractivity contribution is 6.30. The SMILES string of the molecule is O=C(Cn1c(-c2ccc(Cl)cc2)c[n+]2ccccc12)c1ccc([N+](=O)[O-])cc1.[Br-]. The van der Waals surface area contributed by atoms with Gasteiger partial charge in [0.15, 0.2) is 12.2 Å². The molecule has 6 nitrogen and oxygen atoms in total. The summed E-state index contributed by atoms with van der Waals surface area (Å²) in [5, 5.41) is 11.5. The van der Waals surface area contributed by atoms with E-state index in [0.717, 1.165) is 16.9 Å². The molecule has 0 saturated heterocycles. The van der Waals surface area contributed by atoms with Crippen molar-refractivity contribution in [1.29, 1.82) is 0 Å². The Morgan fingerprint density at radius 2 is 1.72 bits per heavy atom. The zero-order chi connectivity index (χ0) is 19.7. The molecule has 4 aromatic rings. The lowest BCUT2D eigenvalue weighted by atomic mass is 10.1. The van der Waals surface area contributed by atoms with Crippen molar-refractivity contribution in [2.75, 3.05) is 0 Å². The molecule has 0 bridgehead atoms. The van der Waals surface area contributed by atoms with Crippen molar-refractivity contribution in [1.82, 2.24) is 4.57 Å². The molecule has 2 heterocycles. The van der Waals surface area contributed by atoms with Crippen LogP contribution in [0.3, 0.4) is 0 Å². The number of nitro groups is 1. The number of ketones is 1. The van der Waals surface area contributed by atoms with E-state index in [-0.39, 0.29) is 35.0 Å². The fourth-order valence-corrected chi connectivity index (χ4v) is 3.26. The topological polar surface area (TPSA) is 69.2 Å². The lowest BCUT2D eigenvalue weighted by Crippen LogP contribution is -3.00. The summed E-state index contributed by atoms with van der Waals surface area (Å²) in [6, 6.07) is 18.9. The molecule has 0 radical (unpaired) electrons. The van der Waals surface area contributed by atoms with Gasteiger partial charge < -0.3 is 17.0 Å². The van der Waals surface area contributed by atoms with Crippen LogP contribution in [0.5, 0.6) is 0 Å². The second-order valence-electron chi connectivity index (χ2n) is 6.30. The summed E-state index contributed by atoms with van der Waals surface area (Å²) in [5.41, 5.74) is 3.06. The van der Waals surface area contributed by atoms with Gasteiger partial charge in [0.25, 0.3) is 11.3 Å². The van der Waals surface area contributed by atoms with Crippen molar-refractivity contribution in [2.24, 2.45) is 0 Å². The van der Waals surface area contributed by atoms with Crippen LogP contribution in [0.4, 0.5) is 5.69 Å². The van der Waals surface area contributed by atoms with E-state index in [0.29, 0.717) is 10.6 Å². The van der Waals surface area contributed by atoms with Crippen molar-refractivity contribution in [3.63, 3.8) is 0 Å². The van der Waals surface area contributed by atoms with E-state index in [4.69, 9.17) is 11.6 Å². The summed E-state index contributed by atoms with van der Waals surface area (Å²) in [6.45, 7) is 0.107. The smallest absolute Gasteiger partial charge is 0.287 e. The summed E-state index contributed by atoms with van der Waals surface area (Å²) in [4.78, 5) is 23.2. The summed E-state index contributed by atoms with van der Waals surface area (Å²) < 4.78 is 3.88. The van der Waals surface area contributed by atoms with Crippen LogP contribution in [0.2, 0.25) is 5.02 Å². The maximum absolute atomic E-state index is 12.9. The Bertz CT molecular complexity index is 1190. The number of nitro benzene ring substituents is 1. The van der Waals surface area contributed by atoms with Crippen LogP contribution in [0, 0.1) is 10.1 Å². The van der Waals surface area contributed by atoms with Gasteiger partial charge in [-0.05, 0) is 42.5 Å². The monoisotopic (exact) mass is 471 g/mol. The van der Waals surface area contributed by atoms with Crippen molar-refractivity contribution >= 4 is 28.7 Å². The molecule has 8 heteroatoms. The van der Waals surface area contributed by atoms with Gasteiger partial charge in [0, 0.05) is 34.3 Å². The quantitative estimate of drug-likeness (QED) is 0.191. The van der Waals surface area contributed by atoms with E-state index in [2.05, 4.69) is 0 Å². The second-order valence-corrected chi connectivity index (χ2v) is 6.74. The van der Waals surface area contributed by atoms with Gasteiger partial charge in [-0.15, -0.1) is 0 Å². The average molecular weight is 473 g/mol. The number of nitrogens with zero attached hydrogens (tertiary/aromatic N) is 3. The van der Waals surface area contributed by atoms with Crippen LogP contribution < -0.4 is 21.4 Å². The minimum Gasteiger partial charge on any atom is -1.00 e. The fraction of sp³-hybridized carbons (Fsp3) is 0.0476. The number of hydrogen-bond acceptors (Lipinski definition) is 3. The number of Topliss-reactive ketones (excluding diaryl/α,β-unsaturated/α-hetero) is 1. The zero-order valence-electron chi connectivity index (χ0n) is 15.0. The Balaban J connectivity index is 0.00000240. The minimum absolute atomic E-state index is 0. The number of rotatable bonds is 5. The van der Waals surface area contributed by atoms with Crippen LogP contribution in [0.15, 0.2) is 79.1 Å². The molecule has 2 aromatic heterocycles. The Labute approximate surface area is 181 Å². The van der Waals surface area contributed by atoms with Gasteiger partial charge >= 0.3 is 0 Å². The summed E-state index contributed by atoms with van der Waals surface area (Å²) in [5.74, 6) is -0.132. The van der Waals surface area contributed by atoms with Crippen molar-refractivity contribution in [3.05, 3.63) is 99.8 Å². The third kappa shape index (κ3) is 4.21. The standard InChI is InChI=1S/C21H15ClN3O3.BrH/c22-17-8-4-15(5-9-17)19-13-23-12-2-1-3-21(23)24(19)14-20(26)16-6-10-18(11-7-16)25(27)28;/h1-13H,14H2;1H/q+1;/p-1. The van der Waals surface area contributed by atoms with Crippen LogP contribution in [0.1, 0.15) is 10.4 Å². The highest BCUT2D eigenvalue weighted by atomic mass is 79.9. The molecular formula is C21H15BrClN3O3. The van der Waals surface area contributed by atoms with Crippen LogP contribution in [-0.2, 0) is 6.54 Å². The first-order valence-electron chi connectivity index (χ1n) is 8.56. The number of benzene rings is 2. The Hall–Kier alpha value is -3.03. The van der Waals surface area contributed by atoms with Gasteiger partial charge in [-0.2, -0.15) is 0 Å². The van der Waals surface area contributed by atoms with Crippen LogP contribution in [0.25, 0.3) is 16.9 Å². The molecule has 0 aliphatic rings. The van der Waals surface area contributed by atoms with E-state index < -0.39 is 4.92 Å². The normalized spacial score (nSPS) is 10.5. The second kappa shape index (κ2) is 8.55. The number of hydrogen-bond donors (Lipinski definition) is 0. The van der Waals surface area contributed by atoms with E-state index in [9.17, 15) is 14.9 Å². The number of carbonyl (C=O) groups excluding carboxylic acids is 1. The molecule has 2 aromatic carbocycles. The van der Waals surface area contributed by atoms with Crippen molar-refractivity contribution in [3.8, 4) is 11.3 Å². The number of aromatic nitrogens is 2. The molecule has 0 aliphatic heterocycles. The van der Waals surface area contributed by atoms with Gasteiger partial charge in [0.1, 0.15) is 6.20 Å². The van der Waals surface area contributed by atoms with E-state index in [1.54, 1.807) is 0 Å². The Morgan fingerprint density at radius 1 is 1.03 bits per heavy atom. The first-order chi connectivity index (χ1) is 13.5. The summed E-state index contributed by atoms with van der Waals surface area (Å²) in [7, 11) is 0. The van der Waals surface area contributed by atoms with Gasteiger partial charge in [-0.3, -0.25) is 14.9 Å². The number of carbonyl (C=O) groups is 1.